The van der Waals surface area contributed by atoms with Gasteiger partial charge in [0.25, 0.3) is 0 Å². The zero-order chi connectivity index (χ0) is 13.7. The van der Waals surface area contributed by atoms with Gasteiger partial charge >= 0.3 is 0 Å². The van der Waals surface area contributed by atoms with Crippen molar-refractivity contribution in [2.45, 2.75) is 84.1 Å². The fourth-order valence-electron chi connectivity index (χ4n) is 2.46. The Kier molecular flexibility index (Phi) is 6.33. The Morgan fingerprint density at radius 3 is 2.44 bits per heavy atom. The zero-order valence-corrected chi connectivity index (χ0v) is 12.4. The van der Waals surface area contributed by atoms with Gasteiger partial charge in [-0.1, -0.05) is 6.08 Å². The van der Waals surface area contributed by atoms with E-state index in [4.69, 9.17) is 14.2 Å². The first-order valence-electron chi connectivity index (χ1n) is 7.01. The van der Waals surface area contributed by atoms with Crippen LogP contribution in [0.25, 0.3) is 0 Å². The van der Waals surface area contributed by atoms with Crippen molar-refractivity contribution in [3.63, 3.8) is 0 Å². The van der Waals surface area contributed by atoms with Gasteiger partial charge in [0.15, 0.2) is 0 Å². The van der Waals surface area contributed by atoms with Gasteiger partial charge in [-0.25, -0.2) is 0 Å². The summed E-state index contributed by atoms with van der Waals surface area (Å²) in [5.74, 6) is 0. The minimum Gasteiger partial charge on any atom is -0.373 e. The molecule has 0 N–H and O–H groups in total. The molecule has 0 aromatic rings. The fraction of sp³-hybridized carbons (Fsp3) is 0.867. The van der Waals surface area contributed by atoms with Crippen LogP contribution in [0.2, 0.25) is 0 Å². The molecular weight excluding hydrogens is 228 g/mol. The molecule has 0 aromatic carbocycles. The predicted octanol–water partition coefficient (Wildman–Crippen LogP) is 3.33. The number of ether oxygens (including phenoxy) is 3. The van der Waals surface area contributed by atoms with Crippen LogP contribution in [-0.2, 0) is 14.2 Å². The van der Waals surface area contributed by atoms with E-state index in [1.54, 1.807) is 0 Å². The molecule has 4 atom stereocenters. The van der Waals surface area contributed by atoms with E-state index < -0.39 is 0 Å². The molecule has 0 saturated carbocycles. The van der Waals surface area contributed by atoms with Crippen LogP contribution in [0.15, 0.2) is 12.7 Å². The van der Waals surface area contributed by atoms with Crippen molar-refractivity contribution in [2.75, 3.05) is 0 Å². The van der Waals surface area contributed by atoms with E-state index in [2.05, 4.69) is 27.4 Å². The summed E-state index contributed by atoms with van der Waals surface area (Å²) < 4.78 is 17.9. The number of hydrogen-bond acceptors (Lipinski definition) is 3. The summed E-state index contributed by atoms with van der Waals surface area (Å²) in [5, 5.41) is 0. The van der Waals surface area contributed by atoms with Crippen molar-refractivity contribution in [3.8, 4) is 0 Å². The molecule has 1 aliphatic heterocycles. The lowest BCUT2D eigenvalue weighted by Crippen LogP contribution is -2.40. The Morgan fingerprint density at radius 2 is 1.94 bits per heavy atom. The average molecular weight is 256 g/mol. The third-order valence-electron chi connectivity index (χ3n) is 2.98. The molecule has 0 aromatic heterocycles. The van der Waals surface area contributed by atoms with Gasteiger partial charge < -0.3 is 14.2 Å². The van der Waals surface area contributed by atoms with Crippen molar-refractivity contribution in [2.24, 2.45) is 0 Å². The third kappa shape index (κ3) is 4.71. The molecule has 1 aliphatic rings. The molecule has 1 fully saturated rings. The molecule has 18 heavy (non-hydrogen) atoms. The second-order valence-corrected chi connectivity index (χ2v) is 5.62. The Balaban J connectivity index is 2.69. The molecule has 3 nitrogen and oxygen atoms in total. The molecule has 0 unspecified atom stereocenters. The van der Waals surface area contributed by atoms with Crippen LogP contribution in [0.4, 0.5) is 0 Å². The van der Waals surface area contributed by atoms with Gasteiger partial charge in [0.2, 0.25) is 0 Å². The highest BCUT2D eigenvalue weighted by atomic mass is 16.6. The lowest BCUT2D eigenvalue weighted by molar-refractivity contribution is -0.126. The Morgan fingerprint density at radius 1 is 1.28 bits per heavy atom. The third-order valence-corrected chi connectivity index (χ3v) is 2.98. The molecule has 0 aliphatic carbocycles. The Hall–Kier alpha value is -0.380. The maximum Gasteiger partial charge on any atom is 0.110 e. The van der Waals surface area contributed by atoms with Gasteiger partial charge in [0.1, 0.15) is 6.10 Å². The first-order valence-corrected chi connectivity index (χ1v) is 7.01. The van der Waals surface area contributed by atoms with E-state index in [0.717, 1.165) is 12.8 Å². The molecule has 1 heterocycles. The summed E-state index contributed by atoms with van der Waals surface area (Å²) >= 11 is 0. The highest BCUT2D eigenvalue weighted by molar-refractivity contribution is 4.91. The van der Waals surface area contributed by atoms with Gasteiger partial charge in [0.05, 0.1) is 30.5 Å². The Labute approximate surface area is 111 Å². The normalized spacial score (nSPS) is 30.1. The van der Waals surface area contributed by atoms with Gasteiger partial charge in [-0.05, 0) is 41.0 Å². The van der Waals surface area contributed by atoms with Crippen LogP contribution in [0, 0.1) is 0 Å². The lowest BCUT2D eigenvalue weighted by atomic mass is 10.0. The summed E-state index contributed by atoms with van der Waals surface area (Å²) in [6.45, 7) is 14.1. The highest BCUT2D eigenvalue weighted by Gasteiger charge is 2.40. The van der Waals surface area contributed by atoms with E-state index in [-0.39, 0.29) is 36.6 Å². The van der Waals surface area contributed by atoms with Crippen molar-refractivity contribution in [3.05, 3.63) is 12.7 Å². The molecule has 0 bridgehead atoms. The van der Waals surface area contributed by atoms with Crippen LogP contribution in [0.1, 0.15) is 47.5 Å². The maximum absolute atomic E-state index is 5.99. The van der Waals surface area contributed by atoms with Crippen LogP contribution in [0.3, 0.4) is 0 Å². The van der Waals surface area contributed by atoms with Crippen LogP contribution >= 0.6 is 0 Å². The molecule has 0 spiro atoms. The summed E-state index contributed by atoms with van der Waals surface area (Å²) in [5.41, 5.74) is 0. The van der Waals surface area contributed by atoms with Crippen LogP contribution in [0.5, 0.6) is 0 Å². The lowest BCUT2D eigenvalue weighted by Gasteiger charge is -2.29. The highest BCUT2D eigenvalue weighted by Crippen LogP contribution is 2.29. The first kappa shape index (κ1) is 15.7. The van der Waals surface area contributed by atoms with Crippen molar-refractivity contribution in [1.29, 1.82) is 0 Å². The summed E-state index contributed by atoms with van der Waals surface area (Å²) in [6, 6.07) is 0. The van der Waals surface area contributed by atoms with E-state index in [1.165, 1.54) is 0 Å². The molecule has 106 valence electrons. The molecule has 1 rings (SSSR count). The molecule has 0 radical (unpaired) electrons. The first-order chi connectivity index (χ1) is 8.43. The largest absolute Gasteiger partial charge is 0.373 e. The van der Waals surface area contributed by atoms with Gasteiger partial charge in [-0.3, -0.25) is 0 Å². The molecule has 1 saturated heterocycles. The fourth-order valence-corrected chi connectivity index (χ4v) is 2.46. The van der Waals surface area contributed by atoms with Crippen molar-refractivity contribution >= 4 is 0 Å². The smallest absolute Gasteiger partial charge is 0.110 e. The molecule has 0 amide bonds. The van der Waals surface area contributed by atoms with E-state index in [0.29, 0.717) is 0 Å². The van der Waals surface area contributed by atoms with E-state index in [9.17, 15) is 0 Å². The quantitative estimate of drug-likeness (QED) is 0.654. The summed E-state index contributed by atoms with van der Waals surface area (Å²) in [6.07, 6.45) is 4.46. The van der Waals surface area contributed by atoms with Crippen molar-refractivity contribution in [1.82, 2.24) is 0 Å². The topological polar surface area (TPSA) is 27.7 Å². The maximum atomic E-state index is 5.99. The Bertz CT molecular complexity index is 250. The molecule has 3 heteroatoms. The van der Waals surface area contributed by atoms with Gasteiger partial charge in [-0.2, -0.15) is 0 Å². The minimum absolute atomic E-state index is 0.0165. The average Bonchev–Trinajstić information content (AvgIpc) is 2.57. The zero-order valence-electron chi connectivity index (χ0n) is 12.4. The number of rotatable bonds is 7. The van der Waals surface area contributed by atoms with Gasteiger partial charge in [-0.15, -0.1) is 6.58 Å². The monoisotopic (exact) mass is 256 g/mol. The number of hydrogen-bond donors (Lipinski definition) is 0. The van der Waals surface area contributed by atoms with Crippen molar-refractivity contribution < 1.29 is 14.2 Å². The van der Waals surface area contributed by atoms with Crippen LogP contribution < -0.4 is 0 Å². The standard InChI is InChI=1S/C15H28O3/c1-7-8-13(16-10(2)3)15-14(17-11(4)5)9-12(6)18-15/h7,10-15H,1,8-9H2,2-6H3/t12-,13-,14-,15+/m0/s1. The second kappa shape index (κ2) is 7.27. The molecular formula is C15H28O3. The summed E-state index contributed by atoms with van der Waals surface area (Å²) in [7, 11) is 0. The predicted molar refractivity (Wildman–Crippen MR) is 73.8 cm³/mol. The van der Waals surface area contributed by atoms with E-state index in [1.807, 2.05) is 19.9 Å². The van der Waals surface area contributed by atoms with E-state index >= 15 is 0 Å². The van der Waals surface area contributed by atoms with Crippen LogP contribution in [-0.4, -0.2) is 36.6 Å². The minimum atomic E-state index is 0.0165. The second-order valence-electron chi connectivity index (χ2n) is 5.62. The SMILES string of the molecule is C=CC[C@H](OC(C)C)[C@H]1O[C@@H](C)C[C@@H]1OC(C)C. The summed E-state index contributed by atoms with van der Waals surface area (Å²) in [4.78, 5) is 0. The van der Waals surface area contributed by atoms with Gasteiger partial charge in [0, 0.05) is 6.42 Å².